The number of carbonyl (C=O) groups excluding carboxylic acids is 2. The maximum Gasteiger partial charge on any atom is 0.509 e. The predicted molar refractivity (Wildman–Crippen MR) is 166 cm³/mol. The molecule has 6 rings (SSSR count). The third-order valence-electron chi connectivity index (χ3n) is 7.89. The number of para-hydroxylation sites is 1. The lowest BCUT2D eigenvalue weighted by Crippen LogP contribution is -2.62. The summed E-state index contributed by atoms with van der Waals surface area (Å²) in [4.78, 5) is 25.7. The monoisotopic (exact) mass is 609 g/mol. The molecule has 0 aromatic heterocycles. The van der Waals surface area contributed by atoms with Crippen LogP contribution in [0.1, 0.15) is 29.8 Å². The number of amides is 1. The second kappa shape index (κ2) is 13.0. The van der Waals surface area contributed by atoms with Crippen molar-refractivity contribution in [1.29, 1.82) is 0 Å². The van der Waals surface area contributed by atoms with Crippen molar-refractivity contribution in [1.82, 2.24) is 5.32 Å². The molecule has 2 heterocycles. The standard InChI is InChI=1S/C36H35NO8/c1-36(2)32(40-3)30-31(44-35(39)43-30)34(45-36)42-27-18-19-28(24-14-16-26(17-15-24)41-25-12-8-5-9-13-25)29(22-27)33(38)37-21-20-23-10-6-4-7-11-23/h4-19,22,30-32,34H,20-21H2,1-3H3,(H,37,38)/t30-,31+,32+,34+/m0/s1. The summed E-state index contributed by atoms with van der Waals surface area (Å²) in [5.74, 6) is 1.52. The van der Waals surface area contributed by atoms with Crippen molar-refractivity contribution in [2.24, 2.45) is 0 Å². The molecule has 4 atom stereocenters. The fourth-order valence-corrected chi connectivity index (χ4v) is 5.72. The minimum Gasteiger partial charge on any atom is -0.461 e. The van der Waals surface area contributed by atoms with E-state index in [1.165, 1.54) is 7.11 Å². The zero-order chi connectivity index (χ0) is 31.4. The molecule has 4 aromatic carbocycles. The van der Waals surface area contributed by atoms with Crippen LogP contribution in [0.4, 0.5) is 4.79 Å². The fourth-order valence-electron chi connectivity index (χ4n) is 5.72. The van der Waals surface area contributed by atoms with E-state index in [9.17, 15) is 9.59 Å². The van der Waals surface area contributed by atoms with Crippen LogP contribution < -0.4 is 14.8 Å². The van der Waals surface area contributed by atoms with Crippen molar-refractivity contribution in [2.45, 2.75) is 50.5 Å². The second-order valence-corrected chi connectivity index (χ2v) is 11.4. The van der Waals surface area contributed by atoms with E-state index in [1.807, 2.05) is 105 Å². The van der Waals surface area contributed by atoms with Crippen LogP contribution in [-0.2, 0) is 25.4 Å². The van der Waals surface area contributed by atoms with Crippen molar-refractivity contribution >= 4 is 12.1 Å². The molecule has 0 saturated carbocycles. The molecule has 1 amide bonds. The summed E-state index contributed by atoms with van der Waals surface area (Å²) in [6, 6.07) is 32.3. The Hall–Kier alpha value is -4.86. The van der Waals surface area contributed by atoms with Gasteiger partial charge in [0.1, 0.15) is 23.4 Å². The highest BCUT2D eigenvalue weighted by molar-refractivity contribution is 6.01. The number of nitrogens with one attached hydrogen (secondary N) is 1. The van der Waals surface area contributed by atoms with Crippen LogP contribution in [0.2, 0.25) is 0 Å². The highest BCUT2D eigenvalue weighted by atomic mass is 16.8. The molecule has 232 valence electrons. The smallest absolute Gasteiger partial charge is 0.461 e. The van der Waals surface area contributed by atoms with E-state index in [0.29, 0.717) is 35.6 Å². The van der Waals surface area contributed by atoms with Crippen LogP contribution in [0.3, 0.4) is 0 Å². The molecule has 0 radical (unpaired) electrons. The molecule has 9 heteroatoms. The van der Waals surface area contributed by atoms with Crippen molar-refractivity contribution in [3.63, 3.8) is 0 Å². The predicted octanol–water partition coefficient (Wildman–Crippen LogP) is 6.55. The van der Waals surface area contributed by atoms with E-state index in [-0.39, 0.29) is 5.91 Å². The Morgan fingerprint density at radius 2 is 1.47 bits per heavy atom. The molecular formula is C36H35NO8. The van der Waals surface area contributed by atoms with Gasteiger partial charge in [-0.25, -0.2) is 4.79 Å². The highest BCUT2D eigenvalue weighted by Crippen LogP contribution is 2.39. The maximum absolute atomic E-state index is 13.7. The van der Waals surface area contributed by atoms with Gasteiger partial charge in [-0.1, -0.05) is 60.7 Å². The van der Waals surface area contributed by atoms with E-state index in [1.54, 1.807) is 12.1 Å². The Morgan fingerprint density at radius 1 is 0.822 bits per heavy atom. The molecule has 0 spiro atoms. The lowest BCUT2D eigenvalue weighted by molar-refractivity contribution is -0.282. The molecule has 45 heavy (non-hydrogen) atoms. The van der Waals surface area contributed by atoms with E-state index < -0.39 is 36.4 Å². The van der Waals surface area contributed by atoms with E-state index in [0.717, 1.165) is 16.9 Å². The first-order valence-corrected chi connectivity index (χ1v) is 14.8. The molecule has 2 aliphatic heterocycles. The summed E-state index contributed by atoms with van der Waals surface area (Å²) in [6.07, 6.45) is -3.24. The third kappa shape index (κ3) is 6.79. The van der Waals surface area contributed by atoms with Crippen LogP contribution in [0.5, 0.6) is 17.2 Å². The number of hydrogen-bond acceptors (Lipinski definition) is 8. The van der Waals surface area contributed by atoms with Gasteiger partial charge < -0.3 is 33.7 Å². The van der Waals surface area contributed by atoms with Gasteiger partial charge in [0.05, 0.1) is 11.2 Å². The third-order valence-corrected chi connectivity index (χ3v) is 7.89. The molecule has 9 nitrogen and oxygen atoms in total. The Balaban J connectivity index is 1.26. The summed E-state index contributed by atoms with van der Waals surface area (Å²) < 4.78 is 34.8. The van der Waals surface area contributed by atoms with E-state index >= 15 is 0 Å². The summed E-state index contributed by atoms with van der Waals surface area (Å²) in [5, 5.41) is 3.05. The maximum atomic E-state index is 13.7. The van der Waals surface area contributed by atoms with Gasteiger partial charge in [0.25, 0.3) is 5.91 Å². The zero-order valence-electron chi connectivity index (χ0n) is 25.3. The molecule has 2 saturated heterocycles. The molecule has 1 N–H and O–H groups in total. The van der Waals surface area contributed by atoms with Gasteiger partial charge in [0.2, 0.25) is 12.4 Å². The average molecular weight is 610 g/mol. The number of carbonyl (C=O) groups is 2. The summed E-state index contributed by atoms with van der Waals surface area (Å²) in [7, 11) is 1.53. The number of fused-ring (bicyclic) bond motifs is 1. The van der Waals surface area contributed by atoms with Gasteiger partial charge in [0, 0.05) is 13.7 Å². The second-order valence-electron chi connectivity index (χ2n) is 11.4. The number of benzene rings is 4. The van der Waals surface area contributed by atoms with Gasteiger partial charge >= 0.3 is 6.16 Å². The normalized spacial score (nSPS) is 21.6. The number of methoxy groups -OCH3 is 1. The van der Waals surface area contributed by atoms with E-state index in [4.69, 9.17) is 28.4 Å². The van der Waals surface area contributed by atoms with Crippen molar-refractivity contribution in [2.75, 3.05) is 13.7 Å². The molecule has 0 unspecified atom stereocenters. The number of ether oxygens (including phenoxy) is 6. The first-order chi connectivity index (χ1) is 21.8. The Kier molecular flexibility index (Phi) is 8.73. The number of rotatable bonds is 10. The molecule has 4 aromatic rings. The SMILES string of the molecule is CO[C@@H]1[C@H]2OC(=O)O[C@H]2[C@H](Oc2ccc(-c3ccc(Oc4ccccc4)cc3)c(C(=O)NCCc3ccccc3)c2)OC1(C)C. The average Bonchev–Trinajstić information content (AvgIpc) is 3.43. The van der Waals surface area contributed by atoms with Crippen LogP contribution in [-0.4, -0.2) is 55.9 Å². The van der Waals surface area contributed by atoms with Crippen LogP contribution in [0.15, 0.2) is 103 Å². The lowest BCUT2D eigenvalue weighted by atomic mass is 9.89. The van der Waals surface area contributed by atoms with Gasteiger partial charge in [-0.3, -0.25) is 4.79 Å². The fraction of sp³-hybridized carbons (Fsp3) is 0.278. The minimum absolute atomic E-state index is 0.256. The first kappa shape index (κ1) is 30.2. The lowest BCUT2D eigenvalue weighted by Gasteiger charge is -2.45. The molecule has 2 fully saturated rings. The molecule has 0 bridgehead atoms. The molecular weight excluding hydrogens is 574 g/mol. The first-order valence-electron chi connectivity index (χ1n) is 14.8. The summed E-state index contributed by atoms with van der Waals surface area (Å²) >= 11 is 0. The molecule has 0 aliphatic carbocycles. The van der Waals surface area contributed by atoms with Gasteiger partial charge in [-0.15, -0.1) is 0 Å². The Labute approximate surface area is 262 Å². The van der Waals surface area contributed by atoms with Gasteiger partial charge in [-0.05, 0) is 79.4 Å². The zero-order valence-corrected chi connectivity index (χ0v) is 25.3. The summed E-state index contributed by atoms with van der Waals surface area (Å²) in [6.45, 7) is 4.12. The quantitative estimate of drug-likeness (QED) is 0.202. The summed E-state index contributed by atoms with van der Waals surface area (Å²) in [5.41, 5.74) is 2.22. The van der Waals surface area contributed by atoms with Gasteiger partial charge in [-0.2, -0.15) is 0 Å². The van der Waals surface area contributed by atoms with Crippen molar-refractivity contribution in [3.8, 4) is 28.4 Å². The Bertz CT molecular complexity index is 1620. The van der Waals surface area contributed by atoms with Crippen LogP contribution in [0.25, 0.3) is 11.1 Å². The minimum atomic E-state index is -0.989. The van der Waals surface area contributed by atoms with Crippen molar-refractivity contribution in [3.05, 3.63) is 114 Å². The highest BCUT2D eigenvalue weighted by Gasteiger charge is 2.58. The number of hydrogen-bond donors (Lipinski definition) is 1. The van der Waals surface area contributed by atoms with Crippen molar-refractivity contribution < 1.29 is 38.0 Å². The largest absolute Gasteiger partial charge is 0.509 e. The van der Waals surface area contributed by atoms with Gasteiger partial charge in [0.15, 0.2) is 6.10 Å². The van der Waals surface area contributed by atoms with Crippen LogP contribution >= 0.6 is 0 Å². The Morgan fingerprint density at radius 3 is 2.18 bits per heavy atom. The topological polar surface area (TPSA) is 102 Å². The van der Waals surface area contributed by atoms with E-state index in [2.05, 4.69) is 5.32 Å². The molecule has 2 aliphatic rings. The van der Waals surface area contributed by atoms with Crippen LogP contribution in [0, 0.1) is 0 Å².